The number of hydrogen-bond donors (Lipinski definition) is 1. The Balaban J connectivity index is 2.04. The molecule has 0 saturated carbocycles. The molecule has 3 heteroatoms. The average molecular weight is 238 g/mol. The molecule has 0 radical (unpaired) electrons. The van der Waals surface area contributed by atoms with Gasteiger partial charge in [0.25, 0.3) is 0 Å². The largest absolute Gasteiger partial charge is 0.459 e. The summed E-state index contributed by atoms with van der Waals surface area (Å²) in [6, 6.07) is 13.5. The predicted molar refractivity (Wildman–Crippen MR) is 71.2 cm³/mol. The fourth-order valence-electron chi connectivity index (χ4n) is 2.04. The molecule has 3 rings (SSSR count). The number of pyridine rings is 1. The van der Waals surface area contributed by atoms with Crippen molar-refractivity contribution in [3.63, 3.8) is 0 Å². The van der Waals surface area contributed by atoms with Crippen LogP contribution in [0.25, 0.3) is 11.0 Å². The summed E-state index contributed by atoms with van der Waals surface area (Å²) in [5.74, 6) is 0.745. The molecule has 0 fully saturated rings. The van der Waals surface area contributed by atoms with Gasteiger partial charge in [0.2, 0.25) is 0 Å². The highest BCUT2D eigenvalue weighted by Crippen LogP contribution is 2.26. The molecule has 0 aliphatic carbocycles. The summed E-state index contributed by atoms with van der Waals surface area (Å²) in [6.45, 7) is 2.06. The third-order valence-electron chi connectivity index (χ3n) is 3.00. The van der Waals surface area contributed by atoms with Crippen LogP contribution >= 0.6 is 0 Å². The lowest BCUT2D eigenvalue weighted by Crippen LogP contribution is -2.12. The van der Waals surface area contributed by atoms with Gasteiger partial charge in [-0.25, -0.2) is 0 Å². The summed E-state index contributed by atoms with van der Waals surface area (Å²) in [5, 5.41) is 1.08. The molecule has 18 heavy (non-hydrogen) atoms. The molecule has 2 N–H and O–H groups in total. The number of furan rings is 1. The summed E-state index contributed by atoms with van der Waals surface area (Å²) >= 11 is 0. The summed E-state index contributed by atoms with van der Waals surface area (Å²) in [6.07, 6.45) is 1.74. The quantitative estimate of drug-likeness (QED) is 0.746. The Bertz CT molecular complexity index is 673. The summed E-state index contributed by atoms with van der Waals surface area (Å²) in [7, 11) is 0. The molecule has 3 aromatic rings. The van der Waals surface area contributed by atoms with Crippen LogP contribution in [0.4, 0.5) is 0 Å². The van der Waals surface area contributed by atoms with E-state index in [9.17, 15) is 0 Å². The van der Waals surface area contributed by atoms with E-state index in [2.05, 4.69) is 18.0 Å². The van der Waals surface area contributed by atoms with Gasteiger partial charge in [-0.2, -0.15) is 0 Å². The van der Waals surface area contributed by atoms with Gasteiger partial charge in [-0.15, -0.1) is 0 Å². The van der Waals surface area contributed by atoms with Crippen LogP contribution in [0.5, 0.6) is 0 Å². The highest BCUT2D eigenvalue weighted by molar-refractivity contribution is 5.78. The molecule has 3 nitrogen and oxygen atoms in total. The lowest BCUT2D eigenvalue weighted by Gasteiger charge is -2.06. The molecule has 0 saturated heterocycles. The SMILES string of the molecule is Cc1ccc2oc(C(N)c3ccccn3)cc2c1. The van der Waals surface area contributed by atoms with E-state index in [0.717, 1.165) is 22.4 Å². The maximum atomic E-state index is 6.16. The van der Waals surface area contributed by atoms with E-state index in [1.165, 1.54) is 5.56 Å². The van der Waals surface area contributed by atoms with E-state index in [4.69, 9.17) is 10.2 Å². The first kappa shape index (κ1) is 11.0. The van der Waals surface area contributed by atoms with Crippen molar-refractivity contribution < 1.29 is 4.42 Å². The first-order valence-corrected chi connectivity index (χ1v) is 5.90. The van der Waals surface area contributed by atoms with E-state index < -0.39 is 0 Å². The second kappa shape index (κ2) is 4.27. The zero-order valence-electron chi connectivity index (χ0n) is 10.1. The fourth-order valence-corrected chi connectivity index (χ4v) is 2.04. The zero-order valence-corrected chi connectivity index (χ0v) is 10.1. The molecule has 1 aromatic carbocycles. The normalized spacial score (nSPS) is 12.8. The van der Waals surface area contributed by atoms with Gasteiger partial charge < -0.3 is 10.2 Å². The van der Waals surface area contributed by atoms with Crippen molar-refractivity contribution in [3.05, 3.63) is 65.7 Å². The van der Waals surface area contributed by atoms with Gasteiger partial charge in [0.15, 0.2) is 0 Å². The Labute approximate surface area is 105 Å². The lowest BCUT2D eigenvalue weighted by atomic mass is 10.1. The Morgan fingerprint density at radius 1 is 1.17 bits per heavy atom. The highest BCUT2D eigenvalue weighted by atomic mass is 16.3. The number of nitrogens with zero attached hydrogens (tertiary/aromatic N) is 1. The minimum absolute atomic E-state index is 0.320. The summed E-state index contributed by atoms with van der Waals surface area (Å²) in [5.41, 5.74) is 9.05. The number of aromatic nitrogens is 1. The van der Waals surface area contributed by atoms with Crippen LogP contribution < -0.4 is 5.73 Å². The van der Waals surface area contributed by atoms with Crippen LogP contribution in [0.15, 0.2) is 53.1 Å². The lowest BCUT2D eigenvalue weighted by molar-refractivity contribution is 0.521. The minimum Gasteiger partial charge on any atom is -0.459 e. The van der Waals surface area contributed by atoms with Gasteiger partial charge in [0.05, 0.1) is 5.69 Å². The van der Waals surface area contributed by atoms with Crippen molar-refractivity contribution in [3.8, 4) is 0 Å². The number of hydrogen-bond acceptors (Lipinski definition) is 3. The van der Waals surface area contributed by atoms with Gasteiger partial charge in [0, 0.05) is 11.6 Å². The molecule has 0 aliphatic rings. The number of rotatable bonds is 2. The third kappa shape index (κ3) is 1.89. The van der Waals surface area contributed by atoms with Crippen molar-refractivity contribution in [2.75, 3.05) is 0 Å². The maximum Gasteiger partial charge on any atom is 0.134 e. The second-order valence-electron chi connectivity index (χ2n) is 4.42. The Kier molecular flexibility index (Phi) is 2.61. The smallest absolute Gasteiger partial charge is 0.134 e. The Morgan fingerprint density at radius 2 is 2.06 bits per heavy atom. The zero-order chi connectivity index (χ0) is 12.5. The molecule has 2 aromatic heterocycles. The van der Waals surface area contributed by atoms with Gasteiger partial charge in [-0.1, -0.05) is 17.7 Å². The van der Waals surface area contributed by atoms with Crippen LogP contribution in [0, 0.1) is 6.92 Å². The maximum absolute atomic E-state index is 6.16. The molecule has 90 valence electrons. The average Bonchev–Trinajstić information content (AvgIpc) is 2.81. The van der Waals surface area contributed by atoms with Gasteiger partial charge in [-0.3, -0.25) is 4.98 Å². The molecular formula is C15H14N2O. The number of benzene rings is 1. The van der Waals surface area contributed by atoms with Crippen molar-refractivity contribution in [1.29, 1.82) is 0 Å². The van der Waals surface area contributed by atoms with Crippen molar-refractivity contribution in [2.24, 2.45) is 5.73 Å². The second-order valence-corrected chi connectivity index (χ2v) is 4.42. The number of aryl methyl sites for hydroxylation is 1. The molecule has 0 aliphatic heterocycles. The van der Waals surface area contributed by atoms with Gasteiger partial charge >= 0.3 is 0 Å². The van der Waals surface area contributed by atoms with Crippen molar-refractivity contribution in [1.82, 2.24) is 4.98 Å². The monoisotopic (exact) mass is 238 g/mol. The van der Waals surface area contributed by atoms with Crippen LogP contribution in [-0.2, 0) is 0 Å². The van der Waals surface area contributed by atoms with Crippen LogP contribution in [-0.4, -0.2) is 4.98 Å². The highest BCUT2D eigenvalue weighted by Gasteiger charge is 2.14. The summed E-state index contributed by atoms with van der Waals surface area (Å²) in [4.78, 5) is 4.26. The molecule has 1 unspecified atom stereocenters. The standard InChI is InChI=1S/C15H14N2O/c1-10-5-6-13-11(8-10)9-14(18-13)15(16)12-4-2-3-7-17-12/h2-9,15H,16H2,1H3. The van der Waals surface area contributed by atoms with Gasteiger partial charge in [-0.05, 0) is 37.3 Å². The first-order valence-electron chi connectivity index (χ1n) is 5.90. The molecule has 0 amide bonds. The predicted octanol–water partition coefficient (Wildman–Crippen LogP) is 3.18. The number of nitrogens with two attached hydrogens (primary N) is 1. The van der Waals surface area contributed by atoms with Crippen LogP contribution in [0.3, 0.4) is 0 Å². The van der Waals surface area contributed by atoms with Crippen molar-refractivity contribution >= 4 is 11.0 Å². The summed E-state index contributed by atoms with van der Waals surface area (Å²) < 4.78 is 5.77. The van der Waals surface area contributed by atoms with Gasteiger partial charge in [0.1, 0.15) is 17.4 Å². The van der Waals surface area contributed by atoms with E-state index in [-0.39, 0.29) is 6.04 Å². The van der Waals surface area contributed by atoms with E-state index in [1.807, 2.05) is 36.4 Å². The first-order chi connectivity index (χ1) is 8.74. The molecule has 0 spiro atoms. The van der Waals surface area contributed by atoms with Crippen LogP contribution in [0.1, 0.15) is 23.1 Å². The van der Waals surface area contributed by atoms with Crippen LogP contribution in [0.2, 0.25) is 0 Å². The number of fused-ring (bicyclic) bond motifs is 1. The Morgan fingerprint density at radius 3 is 2.83 bits per heavy atom. The van der Waals surface area contributed by atoms with E-state index >= 15 is 0 Å². The molecular weight excluding hydrogens is 224 g/mol. The molecule has 1 atom stereocenters. The van der Waals surface area contributed by atoms with Crippen molar-refractivity contribution in [2.45, 2.75) is 13.0 Å². The molecule has 0 bridgehead atoms. The minimum atomic E-state index is -0.320. The molecule has 2 heterocycles. The third-order valence-corrected chi connectivity index (χ3v) is 3.00. The fraction of sp³-hybridized carbons (Fsp3) is 0.133. The Hall–Kier alpha value is -2.13. The van der Waals surface area contributed by atoms with E-state index in [0.29, 0.717) is 0 Å². The van der Waals surface area contributed by atoms with E-state index in [1.54, 1.807) is 6.20 Å². The topological polar surface area (TPSA) is 52.0 Å².